The molecule has 2 heteroatoms. The molecule has 0 aliphatic rings. The van der Waals surface area contributed by atoms with Gasteiger partial charge in [-0.15, -0.1) is 5.54 Å². The second-order valence-corrected chi connectivity index (χ2v) is 9.21. The van der Waals surface area contributed by atoms with Gasteiger partial charge in [-0.1, -0.05) is 39.4 Å². The Morgan fingerprint density at radius 2 is 1.62 bits per heavy atom. The van der Waals surface area contributed by atoms with Crippen LogP contribution in [0.4, 0.5) is 0 Å². The average molecular weight is 194 g/mol. The minimum Gasteiger partial charge on any atom is -0.380 e. The molecule has 0 radical (unpaired) electrons. The van der Waals surface area contributed by atoms with Crippen LogP contribution in [-0.2, 0) is 0 Å². The van der Waals surface area contributed by atoms with Gasteiger partial charge < -0.3 is 5.11 Å². The molecule has 0 saturated heterocycles. The monoisotopic (exact) mass is 194 g/mol. The Kier molecular flexibility index (Phi) is 4.84. The van der Waals surface area contributed by atoms with E-state index in [1.165, 1.54) is 0 Å². The molecule has 0 rings (SSSR count). The predicted molar refractivity (Wildman–Crippen MR) is 59.7 cm³/mol. The lowest BCUT2D eigenvalue weighted by Gasteiger charge is -2.04. The maximum atomic E-state index is 9.33. The molecule has 0 heterocycles. The van der Waals surface area contributed by atoms with E-state index in [4.69, 9.17) is 0 Å². The fraction of sp³-hybridized carbons (Fsp3) is 0.636. The van der Waals surface area contributed by atoms with Crippen molar-refractivity contribution in [3.05, 3.63) is 0 Å². The molecule has 1 atom stereocenters. The highest BCUT2D eigenvalue weighted by atomic mass is 28.3. The van der Waals surface area contributed by atoms with Crippen LogP contribution in [0.3, 0.4) is 0 Å². The zero-order valence-corrected chi connectivity index (χ0v) is 10.1. The maximum Gasteiger partial charge on any atom is 0.130 e. The van der Waals surface area contributed by atoms with E-state index in [9.17, 15) is 5.11 Å². The molecule has 1 N–H and O–H groups in total. The van der Waals surface area contributed by atoms with Crippen LogP contribution in [0.1, 0.15) is 13.8 Å². The summed E-state index contributed by atoms with van der Waals surface area (Å²) >= 11 is 0. The third-order valence-corrected chi connectivity index (χ3v) is 2.23. The first-order chi connectivity index (χ1) is 5.83. The summed E-state index contributed by atoms with van der Waals surface area (Å²) < 4.78 is 0. The van der Waals surface area contributed by atoms with Crippen LogP contribution >= 0.6 is 0 Å². The van der Waals surface area contributed by atoms with Crippen molar-refractivity contribution in [3.8, 4) is 23.3 Å². The van der Waals surface area contributed by atoms with Crippen molar-refractivity contribution >= 4 is 8.07 Å². The smallest absolute Gasteiger partial charge is 0.130 e. The van der Waals surface area contributed by atoms with Crippen LogP contribution in [0.2, 0.25) is 19.6 Å². The third kappa shape index (κ3) is 7.65. The van der Waals surface area contributed by atoms with E-state index >= 15 is 0 Å². The van der Waals surface area contributed by atoms with Gasteiger partial charge in [0, 0.05) is 0 Å². The maximum absolute atomic E-state index is 9.33. The van der Waals surface area contributed by atoms with Crippen LogP contribution < -0.4 is 0 Å². The van der Waals surface area contributed by atoms with E-state index in [0.29, 0.717) is 0 Å². The quantitative estimate of drug-likeness (QED) is 0.499. The van der Waals surface area contributed by atoms with Crippen molar-refractivity contribution in [2.75, 3.05) is 0 Å². The lowest BCUT2D eigenvalue weighted by Crippen LogP contribution is -2.16. The van der Waals surface area contributed by atoms with Gasteiger partial charge in [-0.05, 0) is 17.8 Å². The Balaban J connectivity index is 4.19. The highest BCUT2D eigenvalue weighted by molar-refractivity contribution is 6.83. The molecule has 0 aliphatic heterocycles. The molecule has 0 saturated carbocycles. The number of hydrogen-bond donors (Lipinski definition) is 1. The number of aliphatic hydroxyl groups is 1. The van der Waals surface area contributed by atoms with Gasteiger partial charge in [0.05, 0.1) is 0 Å². The van der Waals surface area contributed by atoms with Crippen molar-refractivity contribution in [1.82, 2.24) is 0 Å². The summed E-state index contributed by atoms with van der Waals surface area (Å²) in [6.45, 7) is 10.4. The van der Waals surface area contributed by atoms with E-state index in [1.807, 2.05) is 13.8 Å². The fourth-order valence-electron chi connectivity index (χ4n) is 0.495. The lowest BCUT2D eigenvalue weighted by molar-refractivity contribution is 0.181. The van der Waals surface area contributed by atoms with Crippen molar-refractivity contribution in [1.29, 1.82) is 0 Å². The van der Waals surface area contributed by atoms with E-state index in [2.05, 4.69) is 42.9 Å². The third-order valence-electron chi connectivity index (χ3n) is 1.35. The van der Waals surface area contributed by atoms with Crippen LogP contribution in [0.15, 0.2) is 0 Å². The van der Waals surface area contributed by atoms with Crippen LogP contribution in [0.5, 0.6) is 0 Å². The van der Waals surface area contributed by atoms with Crippen molar-refractivity contribution in [2.24, 2.45) is 5.92 Å². The summed E-state index contributed by atoms with van der Waals surface area (Å²) in [7, 11) is -1.30. The minimum atomic E-state index is -1.30. The minimum absolute atomic E-state index is 0.182. The molecule has 0 aromatic heterocycles. The second kappa shape index (κ2) is 5.12. The van der Waals surface area contributed by atoms with Crippen LogP contribution in [-0.4, -0.2) is 19.3 Å². The van der Waals surface area contributed by atoms with Crippen molar-refractivity contribution in [2.45, 2.75) is 39.6 Å². The van der Waals surface area contributed by atoms with Crippen molar-refractivity contribution < 1.29 is 5.11 Å². The molecule has 13 heavy (non-hydrogen) atoms. The predicted octanol–water partition coefficient (Wildman–Crippen LogP) is 1.89. The Hall–Kier alpha value is -0.703. The summed E-state index contributed by atoms with van der Waals surface area (Å²) in [5.74, 6) is 8.39. The van der Waals surface area contributed by atoms with E-state index < -0.39 is 14.2 Å². The molecule has 0 aromatic rings. The summed E-state index contributed by atoms with van der Waals surface area (Å²) in [4.78, 5) is 0. The first-order valence-corrected chi connectivity index (χ1v) is 8.03. The van der Waals surface area contributed by atoms with Crippen molar-refractivity contribution in [3.63, 3.8) is 0 Å². The molecular weight excluding hydrogens is 176 g/mol. The molecule has 0 amide bonds. The van der Waals surface area contributed by atoms with Gasteiger partial charge in [0.25, 0.3) is 0 Å². The Morgan fingerprint density at radius 1 is 1.08 bits per heavy atom. The Morgan fingerprint density at radius 3 is 2.00 bits per heavy atom. The zero-order chi connectivity index (χ0) is 10.5. The Bertz CT molecular complexity index is 264. The first kappa shape index (κ1) is 12.3. The van der Waals surface area contributed by atoms with Crippen LogP contribution in [0, 0.1) is 29.2 Å². The van der Waals surface area contributed by atoms with Gasteiger partial charge in [-0.3, -0.25) is 0 Å². The summed E-state index contributed by atoms with van der Waals surface area (Å²) in [5.41, 5.74) is 3.12. The molecule has 0 aliphatic carbocycles. The number of hydrogen-bond acceptors (Lipinski definition) is 1. The largest absolute Gasteiger partial charge is 0.380 e. The van der Waals surface area contributed by atoms with Gasteiger partial charge in [0.15, 0.2) is 0 Å². The first-order valence-electron chi connectivity index (χ1n) is 4.53. The van der Waals surface area contributed by atoms with Gasteiger partial charge in [0.1, 0.15) is 14.2 Å². The zero-order valence-electron chi connectivity index (χ0n) is 9.10. The fourth-order valence-corrected chi connectivity index (χ4v) is 0.933. The molecule has 0 aromatic carbocycles. The number of aliphatic hydroxyl groups excluding tert-OH is 1. The second-order valence-electron chi connectivity index (χ2n) is 4.46. The van der Waals surface area contributed by atoms with Crippen LogP contribution in [0.25, 0.3) is 0 Å². The van der Waals surface area contributed by atoms with E-state index in [-0.39, 0.29) is 5.92 Å². The molecule has 72 valence electrons. The highest BCUT2D eigenvalue weighted by Gasteiger charge is 2.07. The molecular formula is C11H18OSi. The van der Waals surface area contributed by atoms with Gasteiger partial charge in [-0.2, -0.15) is 0 Å². The molecule has 0 bridgehead atoms. The molecule has 0 fully saturated rings. The average Bonchev–Trinajstić information content (AvgIpc) is 1.95. The summed E-state index contributed by atoms with van der Waals surface area (Å²) in [5, 5.41) is 9.33. The standard InChI is InChI=1S/C11H18OSi/c1-10(2)11(12)8-6-7-9-13(3,4)5/h10-12H,1-5H3. The lowest BCUT2D eigenvalue weighted by atomic mass is 10.1. The van der Waals surface area contributed by atoms with Gasteiger partial charge >= 0.3 is 0 Å². The Labute approximate surface area is 82.6 Å². The SMILES string of the molecule is CC(C)C(O)C#CC#C[Si](C)(C)C. The highest BCUT2D eigenvalue weighted by Crippen LogP contribution is 1.98. The van der Waals surface area contributed by atoms with Gasteiger partial charge in [-0.25, -0.2) is 0 Å². The summed E-state index contributed by atoms with van der Waals surface area (Å²) in [6.07, 6.45) is -0.545. The normalized spacial score (nSPS) is 12.5. The molecule has 1 unspecified atom stereocenters. The molecule has 0 spiro atoms. The number of rotatable bonds is 1. The van der Waals surface area contributed by atoms with E-state index in [0.717, 1.165) is 0 Å². The van der Waals surface area contributed by atoms with Gasteiger partial charge in [0.2, 0.25) is 0 Å². The van der Waals surface area contributed by atoms with E-state index in [1.54, 1.807) is 0 Å². The topological polar surface area (TPSA) is 20.2 Å². The summed E-state index contributed by atoms with van der Waals surface area (Å²) in [6, 6.07) is 0. The molecule has 1 nitrogen and oxygen atoms in total.